The van der Waals surface area contributed by atoms with Gasteiger partial charge in [0.1, 0.15) is 0 Å². The Kier molecular flexibility index (Phi) is 5.81. The van der Waals surface area contributed by atoms with Gasteiger partial charge in [-0.1, -0.05) is 6.07 Å². The smallest absolute Gasteiger partial charge is 0.331 e. The van der Waals surface area contributed by atoms with E-state index >= 15 is 0 Å². The summed E-state index contributed by atoms with van der Waals surface area (Å²) < 4.78 is 31.9. The minimum absolute atomic E-state index is 0.0374. The minimum atomic E-state index is -3.71. The average Bonchev–Trinajstić information content (AvgIpc) is 3.37. The molecular weight excluding hydrogens is 348 g/mol. The van der Waals surface area contributed by atoms with Crippen LogP contribution in [0.2, 0.25) is 0 Å². The molecule has 0 aromatic heterocycles. The van der Waals surface area contributed by atoms with Crippen LogP contribution in [0.1, 0.15) is 30.1 Å². The van der Waals surface area contributed by atoms with Crippen LogP contribution < -0.4 is 10.0 Å². The lowest BCUT2D eigenvalue weighted by atomic mass is 10.0. The van der Waals surface area contributed by atoms with Gasteiger partial charge in [-0.2, -0.15) is 0 Å². The van der Waals surface area contributed by atoms with Gasteiger partial charge in [0.05, 0.1) is 11.5 Å². The first-order valence-electron chi connectivity index (χ1n) is 7.82. The van der Waals surface area contributed by atoms with Crippen molar-refractivity contribution in [1.82, 2.24) is 10.0 Å². The number of aliphatic carboxylic acids is 1. The van der Waals surface area contributed by atoms with Crippen molar-refractivity contribution in [2.45, 2.75) is 30.2 Å². The number of rotatable bonds is 9. The molecule has 1 aromatic carbocycles. The normalized spacial score (nSPS) is 16.9. The maximum Gasteiger partial charge on any atom is 0.331 e. The fraction of sp³-hybridized carbons (Fsp3) is 0.500. The first-order valence-corrected chi connectivity index (χ1v) is 9.31. The van der Waals surface area contributed by atoms with Crippen LogP contribution in [0.15, 0.2) is 29.2 Å². The summed E-state index contributed by atoms with van der Waals surface area (Å²) in [4.78, 5) is 23.7. The molecule has 1 aromatic rings. The standard InChI is InChI=1S/C16H22N2O6S/c1-16(10-24-2,15(20)21)18-14(19)12-4-3-5-13(8-12)25(22,23)17-9-11-6-7-11/h3-5,8,11,17H,6-7,9-10H2,1-2H3,(H,18,19)(H,20,21). The van der Waals surface area contributed by atoms with Gasteiger partial charge in [-0.05, 0) is 43.9 Å². The number of methoxy groups -OCH3 is 1. The van der Waals surface area contributed by atoms with Crippen LogP contribution in [0, 0.1) is 5.92 Å². The zero-order chi connectivity index (χ0) is 18.7. The molecule has 25 heavy (non-hydrogen) atoms. The van der Waals surface area contributed by atoms with Gasteiger partial charge in [0.25, 0.3) is 5.91 Å². The molecule has 1 saturated carbocycles. The molecule has 9 heteroatoms. The highest BCUT2D eigenvalue weighted by Crippen LogP contribution is 2.28. The minimum Gasteiger partial charge on any atom is -0.479 e. The molecule has 2 rings (SSSR count). The number of carboxylic acid groups (broad SMARTS) is 1. The highest BCUT2D eigenvalue weighted by molar-refractivity contribution is 7.89. The number of carbonyl (C=O) groups is 2. The van der Waals surface area contributed by atoms with Crippen molar-refractivity contribution in [2.75, 3.05) is 20.3 Å². The van der Waals surface area contributed by atoms with Gasteiger partial charge in [-0.25, -0.2) is 17.9 Å². The van der Waals surface area contributed by atoms with Crippen molar-refractivity contribution in [3.63, 3.8) is 0 Å². The summed E-state index contributed by atoms with van der Waals surface area (Å²) in [5.41, 5.74) is -1.57. The van der Waals surface area contributed by atoms with Crippen molar-refractivity contribution in [1.29, 1.82) is 0 Å². The molecule has 138 valence electrons. The number of hydrogen-bond acceptors (Lipinski definition) is 5. The van der Waals surface area contributed by atoms with Crippen LogP contribution in [0.3, 0.4) is 0 Å². The van der Waals surface area contributed by atoms with Crippen LogP contribution >= 0.6 is 0 Å². The Bertz CT molecular complexity index is 760. The number of hydrogen-bond donors (Lipinski definition) is 3. The van der Waals surface area contributed by atoms with E-state index < -0.39 is 27.4 Å². The van der Waals surface area contributed by atoms with Gasteiger partial charge in [-0.15, -0.1) is 0 Å². The molecule has 1 unspecified atom stereocenters. The number of sulfonamides is 1. The summed E-state index contributed by atoms with van der Waals surface area (Å²) in [6.07, 6.45) is 2.02. The van der Waals surface area contributed by atoms with Crippen molar-refractivity contribution in [2.24, 2.45) is 5.92 Å². The van der Waals surface area contributed by atoms with E-state index in [0.29, 0.717) is 12.5 Å². The molecule has 1 aliphatic rings. The molecule has 0 aliphatic heterocycles. The van der Waals surface area contributed by atoms with Crippen LogP contribution in [-0.4, -0.2) is 51.2 Å². The fourth-order valence-corrected chi connectivity index (χ4v) is 3.36. The summed E-state index contributed by atoms with van der Waals surface area (Å²) in [6.45, 7) is 1.47. The molecule has 0 radical (unpaired) electrons. The Morgan fingerprint density at radius 1 is 1.36 bits per heavy atom. The summed E-state index contributed by atoms with van der Waals surface area (Å²) in [7, 11) is -2.39. The molecular formula is C16H22N2O6S. The van der Waals surface area contributed by atoms with Gasteiger partial charge in [0.2, 0.25) is 10.0 Å². The van der Waals surface area contributed by atoms with Crippen molar-refractivity contribution >= 4 is 21.9 Å². The lowest BCUT2D eigenvalue weighted by Gasteiger charge is -2.25. The molecule has 8 nitrogen and oxygen atoms in total. The molecule has 0 spiro atoms. The van der Waals surface area contributed by atoms with Crippen molar-refractivity contribution in [3.8, 4) is 0 Å². The van der Waals surface area contributed by atoms with Crippen LogP contribution in [0.25, 0.3) is 0 Å². The summed E-state index contributed by atoms with van der Waals surface area (Å²) in [6, 6.07) is 5.47. The molecule has 1 atom stereocenters. The summed E-state index contributed by atoms with van der Waals surface area (Å²) >= 11 is 0. The predicted molar refractivity (Wildman–Crippen MR) is 89.7 cm³/mol. The highest BCUT2D eigenvalue weighted by atomic mass is 32.2. The topological polar surface area (TPSA) is 122 Å². The molecule has 1 amide bonds. The Balaban J connectivity index is 2.16. The van der Waals surface area contributed by atoms with E-state index in [9.17, 15) is 23.1 Å². The number of carbonyl (C=O) groups excluding carboxylic acids is 1. The Labute approximate surface area is 146 Å². The van der Waals surface area contributed by atoms with E-state index in [2.05, 4.69) is 10.0 Å². The third kappa shape index (κ3) is 5.00. The maximum atomic E-state index is 12.3. The Morgan fingerprint density at radius 2 is 2.04 bits per heavy atom. The highest BCUT2D eigenvalue weighted by Gasteiger charge is 2.35. The van der Waals surface area contributed by atoms with Gasteiger partial charge < -0.3 is 15.2 Å². The summed E-state index contributed by atoms with van der Waals surface area (Å²) in [5.74, 6) is -1.56. The summed E-state index contributed by atoms with van der Waals surface area (Å²) in [5, 5.41) is 11.6. The molecule has 0 bridgehead atoms. The average molecular weight is 370 g/mol. The van der Waals surface area contributed by atoms with E-state index in [0.717, 1.165) is 12.8 Å². The monoisotopic (exact) mass is 370 g/mol. The van der Waals surface area contributed by atoms with E-state index in [-0.39, 0.29) is 17.1 Å². The van der Waals surface area contributed by atoms with Crippen LogP contribution in [-0.2, 0) is 19.6 Å². The number of carboxylic acids is 1. The first-order chi connectivity index (χ1) is 11.7. The van der Waals surface area contributed by atoms with E-state index in [1.165, 1.54) is 38.3 Å². The zero-order valence-corrected chi connectivity index (χ0v) is 14.9. The Morgan fingerprint density at radius 3 is 2.60 bits per heavy atom. The second-order valence-electron chi connectivity index (χ2n) is 6.35. The predicted octanol–water partition coefficient (Wildman–Crippen LogP) is 0.594. The number of benzene rings is 1. The third-order valence-corrected chi connectivity index (χ3v) is 5.38. The second kappa shape index (κ2) is 7.51. The number of ether oxygens (including phenoxy) is 1. The SMILES string of the molecule is COCC(C)(NC(=O)c1cccc(S(=O)(=O)NCC2CC2)c1)C(=O)O. The number of nitrogens with one attached hydrogen (secondary N) is 2. The quantitative estimate of drug-likeness (QED) is 0.585. The molecule has 1 fully saturated rings. The fourth-order valence-electron chi connectivity index (χ4n) is 2.20. The first kappa shape index (κ1) is 19.4. The lowest BCUT2D eigenvalue weighted by molar-refractivity contribution is -0.145. The van der Waals surface area contributed by atoms with Gasteiger partial charge in [-0.3, -0.25) is 4.79 Å². The largest absolute Gasteiger partial charge is 0.479 e. The second-order valence-corrected chi connectivity index (χ2v) is 8.11. The van der Waals surface area contributed by atoms with Gasteiger partial charge >= 0.3 is 5.97 Å². The lowest BCUT2D eigenvalue weighted by Crippen LogP contribution is -2.55. The van der Waals surface area contributed by atoms with Crippen molar-refractivity contribution in [3.05, 3.63) is 29.8 Å². The molecule has 3 N–H and O–H groups in total. The van der Waals surface area contributed by atoms with Crippen LogP contribution in [0.5, 0.6) is 0 Å². The molecule has 0 saturated heterocycles. The third-order valence-electron chi connectivity index (χ3n) is 3.96. The Hall–Kier alpha value is -1.97. The maximum absolute atomic E-state index is 12.3. The van der Waals surface area contributed by atoms with E-state index in [4.69, 9.17) is 4.74 Å². The number of amides is 1. The molecule has 1 aliphatic carbocycles. The van der Waals surface area contributed by atoms with Gasteiger partial charge in [0.15, 0.2) is 5.54 Å². The van der Waals surface area contributed by atoms with Gasteiger partial charge in [0, 0.05) is 19.2 Å². The molecule has 0 heterocycles. The van der Waals surface area contributed by atoms with Crippen molar-refractivity contribution < 1.29 is 27.9 Å². The van der Waals surface area contributed by atoms with Crippen LogP contribution in [0.4, 0.5) is 0 Å². The van der Waals surface area contributed by atoms with E-state index in [1.54, 1.807) is 0 Å². The van der Waals surface area contributed by atoms with E-state index in [1.807, 2.05) is 0 Å². The zero-order valence-electron chi connectivity index (χ0n) is 14.1.